The molecule has 1 aliphatic rings. The number of amides is 2. The molecule has 1 rings (SSSR count). The van der Waals surface area contributed by atoms with Gasteiger partial charge in [-0.2, -0.15) is 0 Å². The van der Waals surface area contributed by atoms with Gasteiger partial charge in [-0.05, 0) is 19.8 Å². The van der Waals surface area contributed by atoms with Crippen molar-refractivity contribution in [2.45, 2.75) is 44.6 Å². The lowest BCUT2D eigenvalue weighted by Crippen LogP contribution is -2.47. The van der Waals surface area contributed by atoms with Crippen molar-refractivity contribution in [3.8, 4) is 0 Å². The predicted molar refractivity (Wildman–Crippen MR) is 66.3 cm³/mol. The summed E-state index contributed by atoms with van der Waals surface area (Å²) in [5.41, 5.74) is -1.41. The van der Waals surface area contributed by atoms with Gasteiger partial charge in [-0.15, -0.1) is 0 Å². The van der Waals surface area contributed by atoms with Gasteiger partial charge in [-0.3, -0.25) is 4.79 Å². The lowest BCUT2D eigenvalue weighted by molar-refractivity contribution is -0.141. The second-order valence-electron chi connectivity index (χ2n) is 5.13. The van der Waals surface area contributed by atoms with Crippen LogP contribution in [0.25, 0.3) is 0 Å². The number of likely N-dealkylation sites (tertiary alicyclic amines) is 1. The molecule has 1 saturated heterocycles. The summed E-state index contributed by atoms with van der Waals surface area (Å²) in [5.74, 6) is -1.08. The van der Waals surface area contributed by atoms with Gasteiger partial charge in [0.25, 0.3) is 0 Å². The maximum atomic E-state index is 11.8. The van der Waals surface area contributed by atoms with E-state index in [2.05, 4.69) is 5.32 Å². The lowest BCUT2D eigenvalue weighted by Gasteiger charge is -2.25. The monoisotopic (exact) mass is 258 g/mol. The summed E-state index contributed by atoms with van der Waals surface area (Å²) in [4.78, 5) is 24.1. The zero-order chi connectivity index (χ0) is 13.6. The number of carbonyl (C=O) groups is 2. The van der Waals surface area contributed by atoms with Gasteiger partial charge in [-0.25, -0.2) is 4.79 Å². The van der Waals surface area contributed by atoms with Gasteiger partial charge in [0, 0.05) is 19.6 Å². The lowest BCUT2D eigenvalue weighted by atomic mass is 10.0. The first-order valence-electron chi connectivity index (χ1n) is 6.38. The number of carbonyl (C=O) groups excluding carboxylic acids is 1. The number of hydrogen-bond acceptors (Lipinski definition) is 3. The van der Waals surface area contributed by atoms with Crippen molar-refractivity contribution in [2.75, 3.05) is 19.6 Å². The fourth-order valence-electron chi connectivity index (χ4n) is 2.04. The van der Waals surface area contributed by atoms with E-state index in [9.17, 15) is 14.7 Å². The van der Waals surface area contributed by atoms with Crippen molar-refractivity contribution >= 4 is 12.0 Å². The van der Waals surface area contributed by atoms with Crippen molar-refractivity contribution in [1.82, 2.24) is 10.2 Å². The van der Waals surface area contributed by atoms with Crippen LogP contribution in [0.3, 0.4) is 0 Å². The van der Waals surface area contributed by atoms with E-state index < -0.39 is 11.6 Å². The molecule has 104 valence electrons. The largest absolute Gasteiger partial charge is 0.481 e. The van der Waals surface area contributed by atoms with Crippen LogP contribution in [0.4, 0.5) is 4.79 Å². The summed E-state index contributed by atoms with van der Waals surface area (Å²) in [6.45, 7) is 2.82. The van der Waals surface area contributed by atoms with Gasteiger partial charge >= 0.3 is 12.0 Å². The molecule has 1 fully saturated rings. The van der Waals surface area contributed by atoms with Crippen LogP contribution in [0, 0.1) is 0 Å². The summed E-state index contributed by atoms with van der Waals surface area (Å²) >= 11 is 0. The Bertz CT molecular complexity index is 296. The minimum absolute atomic E-state index is 0.0470. The van der Waals surface area contributed by atoms with Crippen molar-refractivity contribution in [3.63, 3.8) is 0 Å². The molecule has 0 aromatic rings. The molecule has 2 amide bonds. The van der Waals surface area contributed by atoms with Crippen LogP contribution in [-0.4, -0.2) is 52.3 Å². The van der Waals surface area contributed by atoms with Crippen molar-refractivity contribution in [3.05, 3.63) is 0 Å². The molecule has 0 aromatic heterocycles. The number of nitrogens with one attached hydrogen (secondary N) is 1. The summed E-state index contributed by atoms with van der Waals surface area (Å²) < 4.78 is 0. The number of rotatable bonds is 4. The number of nitrogens with zero attached hydrogens (tertiary/aromatic N) is 1. The van der Waals surface area contributed by atoms with Crippen molar-refractivity contribution in [1.29, 1.82) is 0 Å². The highest BCUT2D eigenvalue weighted by Gasteiger charge is 2.26. The molecule has 1 atom stereocenters. The first kappa shape index (κ1) is 14.8. The predicted octanol–water partition coefficient (Wildman–Crippen LogP) is 0.798. The summed E-state index contributed by atoms with van der Waals surface area (Å²) in [7, 11) is 0. The molecule has 0 spiro atoms. The molecule has 0 saturated carbocycles. The molecule has 0 bridgehead atoms. The summed E-state index contributed by atoms with van der Waals surface area (Å²) in [6.07, 6.45) is 3.90. The molecule has 1 aliphatic heterocycles. The van der Waals surface area contributed by atoms with E-state index in [1.807, 2.05) is 0 Å². The van der Waals surface area contributed by atoms with Crippen LogP contribution < -0.4 is 5.32 Å². The molecule has 3 N–H and O–H groups in total. The number of aliphatic hydroxyl groups is 1. The zero-order valence-electron chi connectivity index (χ0n) is 10.8. The van der Waals surface area contributed by atoms with E-state index in [1.54, 1.807) is 4.90 Å². The standard InChI is InChI=1S/C12H22N2O4/c1-12(18,8-10(15)16)9-13-11(17)14-6-4-2-3-5-7-14/h18H,2-9H2,1H3,(H,13,17)(H,15,16). The Morgan fingerprint density at radius 1 is 1.22 bits per heavy atom. The fourth-order valence-corrected chi connectivity index (χ4v) is 2.04. The quantitative estimate of drug-likeness (QED) is 0.695. The van der Waals surface area contributed by atoms with Crippen LogP contribution in [0.5, 0.6) is 0 Å². The second kappa shape index (κ2) is 6.58. The van der Waals surface area contributed by atoms with Crippen LogP contribution in [0.2, 0.25) is 0 Å². The van der Waals surface area contributed by atoms with Gasteiger partial charge in [-0.1, -0.05) is 12.8 Å². The Balaban J connectivity index is 2.37. The Morgan fingerprint density at radius 3 is 2.28 bits per heavy atom. The normalized spacial score (nSPS) is 19.8. The molecule has 6 heteroatoms. The van der Waals surface area contributed by atoms with Crippen molar-refractivity contribution in [2.24, 2.45) is 0 Å². The maximum absolute atomic E-state index is 11.8. The first-order valence-corrected chi connectivity index (χ1v) is 6.38. The van der Waals surface area contributed by atoms with Crippen molar-refractivity contribution < 1.29 is 19.8 Å². The maximum Gasteiger partial charge on any atom is 0.317 e. The third kappa shape index (κ3) is 5.35. The average molecular weight is 258 g/mol. The highest BCUT2D eigenvalue weighted by Crippen LogP contribution is 2.11. The zero-order valence-corrected chi connectivity index (χ0v) is 10.8. The van der Waals surface area contributed by atoms with E-state index in [-0.39, 0.29) is 19.0 Å². The third-order valence-electron chi connectivity index (χ3n) is 3.05. The van der Waals surface area contributed by atoms with Gasteiger partial charge < -0.3 is 20.4 Å². The molecule has 0 aliphatic carbocycles. The van der Waals surface area contributed by atoms with Gasteiger partial charge in [0.1, 0.15) is 0 Å². The molecule has 0 aromatic carbocycles. The number of urea groups is 1. The number of carboxylic acids is 1. The number of hydrogen-bond donors (Lipinski definition) is 3. The van der Waals surface area contributed by atoms with E-state index in [1.165, 1.54) is 6.92 Å². The highest BCUT2D eigenvalue weighted by molar-refractivity contribution is 5.74. The molecule has 18 heavy (non-hydrogen) atoms. The van der Waals surface area contributed by atoms with Crippen LogP contribution in [-0.2, 0) is 4.79 Å². The SMILES string of the molecule is CC(O)(CNC(=O)N1CCCCCC1)CC(=O)O. The molecule has 0 radical (unpaired) electrons. The molecule has 1 unspecified atom stereocenters. The minimum atomic E-state index is -1.41. The smallest absolute Gasteiger partial charge is 0.317 e. The van der Waals surface area contributed by atoms with Gasteiger partial charge in [0.2, 0.25) is 0 Å². The van der Waals surface area contributed by atoms with Crippen LogP contribution in [0.1, 0.15) is 39.0 Å². The Morgan fingerprint density at radius 2 is 1.78 bits per heavy atom. The van der Waals surface area contributed by atoms with Gasteiger partial charge in [0.15, 0.2) is 0 Å². The van der Waals surface area contributed by atoms with E-state index >= 15 is 0 Å². The Hall–Kier alpha value is -1.30. The third-order valence-corrected chi connectivity index (χ3v) is 3.05. The number of carboxylic acid groups (broad SMARTS) is 1. The molecular formula is C12H22N2O4. The van der Waals surface area contributed by atoms with E-state index in [0.29, 0.717) is 0 Å². The minimum Gasteiger partial charge on any atom is -0.481 e. The van der Waals surface area contributed by atoms with E-state index in [0.717, 1.165) is 38.8 Å². The molecular weight excluding hydrogens is 236 g/mol. The summed E-state index contributed by atoms with van der Waals surface area (Å²) in [6, 6.07) is -0.220. The van der Waals surface area contributed by atoms with E-state index in [4.69, 9.17) is 5.11 Å². The Labute approximate surface area is 107 Å². The van der Waals surface area contributed by atoms with Crippen LogP contribution >= 0.6 is 0 Å². The van der Waals surface area contributed by atoms with Gasteiger partial charge in [0.05, 0.1) is 12.0 Å². The average Bonchev–Trinajstić information content (AvgIpc) is 2.52. The molecule has 1 heterocycles. The fraction of sp³-hybridized carbons (Fsp3) is 0.833. The molecule has 6 nitrogen and oxygen atoms in total. The number of aliphatic carboxylic acids is 1. The highest BCUT2D eigenvalue weighted by atomic mass is 16.4. The van der Waals surface area contributed by atoms with Crippen LogP contribution in [0.15, 0.2) is 0 Å². The topological polar surface area (TPSA) is 89.9 Å². The Kier molecular flexibility index (Phi) is 5.40. The second-order valence-corrected chi connectivity index (χ2v) is 5.13. The first-order chi connectivity index (χ1) is 8.41. The summed E-state index contributed by atoms with van der Waals surface area (Å²) in [5, 5.41) is 21.0.